The number of carbonyl (C=O) groups is 1. The van der Waals surface area contributed by atoms with Crippen LogP contribution < -0.4 is 5.73 Å². The van der Waals surface area contributed by atoms with Crippen molar-refractivity contribution in [2.75, 3.05) is 6.54 Å². The summed E-state index contributed by atoms with van der Waals surface area (Å²) in [4.78, 5) is 24.2. The van der Waals surface area contributed by atoms with Crippen LogP contribution in [0, 0.1) is 23.0 Å². The van der Waals surface area contributed by atoms with Gasteiger partial charge in [-0.15, -0.1) is 0 Å². The molecule has 1 aliphatic rings. The maximum Gasteiger partial charge on any atom is 0.272 e. The predicted molar refractivity (Wildman–Crippen MR) is 79.6 cm³/mol. The number of nitrogens with two attached hydrogens (primary N) is 1. The third-order valence-corrected chi connectivity index (χ3v) is 4.40. The fourth-order valence-corrected chi connectivity index (χ4v) is 2.89. The molecule has 0 bridgehead atoms. The summed E-state index contributed by atoms with van der Waals surface area (Å²) in [5, 5.41) is 11.0. The second-order valence-corrected chi connectivity index (χ2v) is 5.77. The molecule has 1 aliphatic heterocycles. The smallest absolute Gasteiger partial charge is 0.272 e. The molecule has 6 heteroatoms. The number of rotatable bonds is 4. The van der Waals surface area contributed by atoms with Crippen LogP contribution in [0.5, 0.6) is 0 Å². The summed E-state index contributed by atoms with van der Waals surface area (Å²) < 4.78 is 0. The second kappa shape index (κ2) is 6.22. The first-order chi connectivity index (χ1) is 9.90. The van der Waals surface area contributed by atoms with E-state index in [9.17, 15) is 14.9 Å². The lowest BCUT2D eigenvalue weighted by atomic mass is 9.92. The highest BCUT2D eigenvalue weighted by Gasteiger charge is 2.29. The molecule has 2 N–H and O–H groups in total. The summed E-state index contributed by atoms with van der Waals surface area (Å²) in [6.45, 7) is 5.12. The molecule has 0 aliphatic carbocycles. The molecular weight excluding hydrogens is 270 g/mol. The topological polar surface area (TPSA) is 89.5 Å². The molecule has 1 fully saturated rings. The average molecular weight is 291 g/mol. The number of nitro groups is 1. The minimum absolute atomic E-state index is 0.125. The Morgan fingerprint density at radius 3 is 2.81 bits per heavy atom. The molecule has 0 aromatic heterocycles. The van der Waals surface area contributed by atoms with Gasteiger partial charge < -0.3 is 5.73 Å². The Bertz CT molecular complexity index is 559. The van der Waals surface area contributed by atoms with E-state index in [0.29, 0.717) is 24.7 Å². The van der Waals surface area contributed by atoms with Gasteiger partial charge in [-0.05, 0) is 32.3 Å². The van der Waals surface area contributed by atoms with Crippen LogP contribution in [0.4, 0.5) is 5.69 Å². The normalized spacial score (nSPS) is 23.0. The Balaban J connectivity index is 2.18. The minimum atomic E-state index is -0.356. The van der Waals surface area contributed by atoms with Gasteiger partial charge in [-0.3, -0.25) is 19.8 Å². The quantitative estimate of drug-likeness (QED) is 0.678. The molecule has 1 aromatic rings. The molecule has 0 radical (unpaired) electrons. The lowest BCUT2D eigenvalue weighted by Crippen LogP contribution is -2.45. The lowest BCUT2D eigenvalue weighted by Gasteiger charge is -2.37. The van der Waals surface area contributed by atoms with Gasteiger partial charge in [-0.1, -0.05) is 12.1 Å². The number of hydrogen-bond acceptors (Lipinski definition) is 4. The van der Waals surface area contributed by atoms with Crippen LogP contribution in [0.15, 0.2) is 18.2 Å². The van der Waals surface area contributed by atoms with Gasteiger partial charge in [0.2, 0.25) is 5.91 Å². The first kappa shape index (κ1) is 15.4. The van der Waals surface area contributed by atoms with Crippen molar-refractivity contribution in [1.82, 2.24) is 4.90 Å². The van der Waals surface area contributed by atoms with Crippen LogP contribution in [0.3, 0.4) is 0 Å². The monoisotopic (exact) mass is 291 g/mol. The highest BCUT2D eigenvalue weighted by Crippen LogP contribution is 2.27. The van der Waals surface area contributed by atoms with Gasteiger partial charge in [0.15, 0.2) is 0 Å². The van der Waals surface area contributed by atoms with Crippen molar-refractivity contribution in [3.8, 4) is 0 Å². The van der Waals surface area contributed by atoms with Gasteiger partial charge in [-0.2, -0.15) is 0 Å². The molecule has 114 valence electrons. The summed E-state index contributed by atoms with van der Waals surface area (Å²) in [6.07, 6.45) is 1.74. The van der Waals surface area contributed by atoms with Gasteiger partial charge in [0.1, 0.15) is 0 Å². The van der Waals surface area contributed by atoms with E-state index >= 15 is 0 Å². The number of benzene rings is 1. The van der Waals surface area contributed by atoms with E-state index in [2.05, 4.69) is 11.8 Å². The van der Waals surface area contributed by atoms with Crippen molar-refractivity contribution in [2.45, 2.75) is 39.3 Å². The third-order valence-electron chi connectivity index (χ3n) is 4.40. The van der Waals surface area contributed by atoms with Crippen molar-refractivity contribution in [1.29, 1.82) is 0 Å². The number of carbonyl (C=O) groups excluding carboxylic acids is 1. The van der Waals surface area contributed by atoms with E-state index in [0.717, 1.165) is 18.4 Å². The fraction of sp³-hybridized carbons (Fsp3) is 0.533. The molecule has 1 heterocycles. The largest absolute Gasteiger partial charge is 0.369 e. The fourth-order valence-electron chi connectivity index (χ4n) is 2.89. The zero-order valence-electron chi connectivity index (χ0n) is 12.4. The Hall–Kier alpha value is -1.95. The SMILES string of the molecule is Cc1c(CN2C[C@@H](C(N)=O)CC[C@H]2C)cccc1[N+](=O)[O-]. The molecule has 0 unspecified atom stereocenters. The van der Waals surface area contributed by atoms with E-state index in [1.807, 2.05) is 6.07 Å². The summed E-state index contributed by atoms with van der Waals surface area (Å²) in [7, 11) is 0. The highest BCUT2D eigenvalue weighted by atomic mass is 16.6. The molecule has 2 atom stereocenters. The van der Waals surface area contributed by atoms with E-state index in [4.69, 9.17) is 5.73 Å². The van der Waals surface area contributed by atoms with Gasteiger partial charge in [0.25, 0.3) is 5.69 Å². The van der Waals surface area contributed by atoms with Crippen molar-refractivity contribution < 1.29 is 9.72 Å². The molecule has 21 heavy (non-hydrogen) atoms. The predicted octanol–water partition coefficient (Wildman–Crippen LogP) is 1.99. The maximum absolute atomic E-state index is 11.4. The Morgan fingerprint density at radius 1 is 1.48 bits per heavy atom. The van der Waals surface area contributed by atoms with Gasteiger partial charge in [-0.25, -0.2) is 0 Å². The standard InChI is InChI=1S/C15H21N3O3/c1-10-6-7-13(15(16)19)9-17(10)8-12-4-3-5-14(11(12)2)18(20)21/h3-5,10,13H,6-9H2,1-2H3,(H2,16,19)/t10-,13+/m1/s1. The van der Waals surface area contributed by atoms with Crippen LogP contribution in [0.25, 0.3) is 0 Å². The number of likely N-dealkylation sites (tertiary alicyclic amines) is 1. The van der Waals surface area contributed by atoms with Gasteiger partial charge in [0.05, 0.1) is 10.8 Å². The van der Waals surface area contributed by atoms with Crippen LogP contribution in [0.2, 0.25) is 0 Å². The number of nitro benzene ring substituents is 1. The van der Waals surface area contributed by atoms with E-state index in [-0.39, 0.29) is 22.4 Å². The summed E-state index contributed by atoms with van der Waals surface area (Å²) >= 11 is 0. The number of nitrogens with zero attached hydrogens (tertiary/aromatic N) is 2. The van der Waals surface area contributed by atoms with E-state index < -0.39 is 0 Å². The van der Waals surface area contributed by atoms with Crippen molar-refractivity contribution in [2.24, 2.45) is 11.7 Å². The molecule has 0 saturated carbocycles. The Labute approximate surface area is 124 Å². The number of piperidine rings is 1. The zero-order valence-corrected chi connectivity index (χ0v) is 12.4. The van der Waals surface area contributed by atoms with E-state index in [1.54, 1.807) is 13.0 Å². The van der Waals surface area contributed by atoms with Crippen molar-refractivity contribution in [3.63, 3.8) is 0 Å². The maximum atomic E-state index is 11.4. The summed E-state index contributed by atoms with van der Waals surface area (Å²) in [6, 6.07) is 5.48. The van der Waals surface area contributed by atoms with E-state index in [1.165, 1.54) is 6.07 Å². The molecular formula is C15H21N3O3. The number of amides is 1. The Kier molecular flexibility index (Phi) is 4.57. The molecule has 1 amide bonds. The van der Waals surface area contributed by atoms with Gasteiger partial charge in [0, 0.05) is 30.8 Å². The van der Waals surface area contributed by atoms with Crippen LogP contribution in [-0.4, -0.2) is 28.3 Å². The minimum Gasteiger partial charge on any atom is -0.369 e. The van der Waals surface area contributed by atoms with Crippen LogP contribution in [0.1, 0.15) is 30.9 Å². The molecule has 1 saturated heterocycles. The number of primary amides is 1. The molecule has 0 spiro atoms. The summed E-state index contributed by atoms with van der Waals surface area (Å²) in [5.41, 5.74) is 7.17. The lowest BCUT2D eigenvalue weighted by molar-refractivity contribution is -0.385. The molecule has 2 rings (SSSR count). The Morgan fingerprint density at radius 2 is 2.19 bits per heavy atom. The summed E-state index contributed by atoms with van der Waals surface area (Å²) in [5.74, 6) is -0.386. The van der Waals surface area contributed by atoms with Crippen LogP contribution >= 0.6 is 0 Å². The van der Waals surface area contributed by atoms with Crippen LogP contribution in [-0.2, 0) is 11.3 Å². The third kappa shape index (κ3) is 3.39. The molecule has 6 nitrogen and oxygen atoms in total. The zero-order chi connectivity index (χ0) is 15.6. The number of hydrogen-bond donors (Lipinski definition) is 1. The van der Waals surface area contributed by atoms with Crippen molar-refractivity contribution >= 4 is 11.6 Å². The first-order valence-electron chi connectivity index (χ1n) is 7.16. The van der Waals surface area contributed by atoms with Gasteiger partial charge >= 0.3 is 0 Å². The molecule has 1 aromatic carbocycles. The first-order valence-corrected chi connectivity index (χ1v) is 7.16. The second-order valence-electron chi connectivity index (χ2n) is 5.77. The van der Waals surface area contributed by atoms with Crippen molar-refractivity contribution in [3.05, 3.63) is 39.4 Å². The average Bonchev–Trinajstić information content (AvgIpc) is 2.42. The highest BCUT2D eigenvalue weighted by molar-refractivity contribution is 5.77.